The fourth-order valence-electron chi connectivity index (χ4n) is 3.54. The molecule has 4 heteroatoms. The van der Waals surface area contributed by atoms with Gasteiger partial charge in [-0.25, -0.2) is 0 Å². The second-order valence-corrected chi connectivity index (χ2v) is 6.61. The molecule has 0 radical (unpaired) electrons. The van der Waals surface area contributed by atoms with E-state index in [1.54, 1.807) is 13.0 Å². The Labute approximate surface area is 130 Å². The van der Waals surface area contributed by atoms with Gasteiger partial charge in [0.1, 0.15) is 11.5 Å². The summed E-state index contributed by atoms with van der Waals surface area (Å²) in [5.74, 6) is 0.365. The molecule has 0 saturated carbocycles. The van der Waals surface area contributed by atoms with Crippen LogP contribution in [0.2, 0.25) is 5.02 Å². The van der Waals surface area contributed by atoms with Gasteiger partial charge in [0, 0.05) is 25.6 Å². The molecule has 1 aromatic carbocycles. The van der Waals surface area contributed by atoms with Crippen molar-refractivity contribution < 1.29 is 9.90 Å². The zero-order valence-corrected chi connectivity index (χ0v) is 13.2. The van der Waals surface area contributed by atoms with Gasteiger partial charge in [-0.05, 0) is 49.9 Å². The summed E-state index contributed by atoms with van der Waals surface area (Å²) in [6.45, 7) is 5.69. The molecule has 0 spiro atoms. The topological polar surface area (TPSA) is 40.5 Å². The molecule has 0 bridgehead atoms. The van der Waals surface area contributed by atoms with E-state index in [-0.39, 0.29) is 17.6 Å². The third kappa shape index (κ3) is 2.72. The molecule has 112 valence electrons. The van der Waals surface area contributed by atoms with Crippen molar-refractivity contribution in [2.45, 2.75) is 39.2 Å². The third-order valence-corrected chi connectivity index (χ3v) is 4.93. The number of fused-ring (bicyclic) bond motifs is 3. The normalized spacial score (nSPS) is 22.0. The van der Waals surface area contributed by atoms with E-state index >= 15 is 0 Å². The number of aromatic hydroxyl groups is 1. The number of hydrogen-bond donors (Lipinski definition) is 1. The largest absolute Gasteiger partial charge is 0.506 e. The van der Waals surface area contributed by atoms with Gasteiger partial charge < -0.3 is 5.11 Å². The minimum absolute atomic E-state index is 0.150. The van der Waals surface area contributed by atoms with E-state index in [4.69, 9.17) is 11.6 Å². The summed E-state index contributed by atoms with van der Waals surface area (Å²) in [5, 5.41) is 10.3. The van der Waals surface area contributed by atoms with Crippen LogP contribution in [0.4, 0.5) is 0 Å². The van der Waals surface area contributed by atoms with E-state index in [9.17, 15) is 9.90 Å². The predicted octanol–water partition coefficient (Wildman–Crippen LogP) is 3.64. The van der Waals surface area contributed by atoms with Crippen LogP contribution in [0.1, 0.15) is 43.9 Å². The number of hydrogen-bond acceptors (Lipinski definition) is 3. The van der Waals surface area contributed by atoms with Crippen LogP contribution in [0.25, 0.3) is 0 Å². The van der Waals surface area contributed by atoms with Gasteiger partial charge in [0.25, 0.3) is 0 Å². The van der Waals surface area contributed by atoms with Crippen molar-refractivity contribution >= 4 is 17.4 Å². The lowest BCUT2D eigenvalue weighted by atomic mass is 9.83. The Morgan fingerprint density at radius 3 is 2.95 bits per heavy atom. The van der Waals surface area contributed by atoms with E-state index in [0.717, 1.165) is 31.5 Å². The van der Waals surface area contributed by atoms with Crippen molar-refractivity contribution in [2.75, 3.05) is 13.1 Å². The minimum Gasteiger partial charge on any atom is -0.506 e. The fourth-order valence-corrected chi connectivity index (χ4v) is 3.72. The maximum atomic E-state index is 11.5. The number of Topliss-reactive ketones (excluding diaryl/α,β-unsaturated/α-hetero) is 1. The molecule has 0 fully saturated rings. The molecule has 1 N–H and O–H groups in total. The highest BCUT2D eigenvalue weighted by molar-refractivity contribution is 6.32. The number of phenolic OH excluding ortho intramolecular Hbond substituents is 1. The Balaban J connectivity index is 1.97. The number of nitrogens with zero attached hydrogens (tertiary/aromatic N) is 1. The quantitative estimate of drug-likeness (QED) is 0.848. The maximum Gasteiger partial charge on any atom is 0.134 e. The summed E-state index contributed by atoms with van der Waals surface area (Å²) < 4.78 is 0. The summed E-state index contributed by atoms with van der Waals surface area (Å²) in [7, 11) is 0. The first kappa shape index (κ1) is 14.6. The van der Waals surface area contributed by atoms with Gasteiger partial charge in [0.15, 0.2) is 0 Å². The number of rotatable bonds is 2. The van der Waals surface area contributed by atoms with Crippen molar-refractivity contribution in [3.05, 3.63) is 39.4 Å². The molecule has 2 heterocycles. The van der Waals surface area contributed by atoms with Gasteiger partial charge in [-0.3, -0.25) is 9.69 Å². The molecule has 0 saturated heterocycles. The number of phenols is 1. The highest BCUT2D eigenvalue weighted by Gasteiger charge is 2.32. The first-order valence-corrected chi connectivity index (χ1v) is 7.75. The van der Waals surface area contributed by atoms with Crippen molar-refractivity contribution in [2.24, 2.45) is 0 Å². The molecule has 0 amide bonds. The summed E-state index contributed by atoms with van der Waals surface area (Å²) >= 11 is 6.02. The molecule has 3 nitrogen and oxygen atoms in total. The van der Waals surface area contributed by atoms with Crippen LogP contribution in [0.5, 0.6) is 5.75 Å². The van der Waals surface area contributed by atoms with Crippen LogP contribution in [0, 0.1) is 0 Å². The number of ketones is 1. The molecule has 21 heavy (non-hydrogen) atoms. The van der Waals surface area contributed by atoms with E-state index in [1.165, 1.54) is 16.7 Å². The van der Waals surface area contributed by atoms with Crippen molar-refractivity contribution in [1.82, 2.24) is 4.90 Å². The van der Waals surface area contributed by atoms with Crippen LogP contribution >= 0.6 is 11.6 Å². The average Bonchev–Trinajstić information content (AvgIpc) is 2.41. The Hall–Kier alpha value is -1.32. The van der Waals surface area contributed by atoms with E-state index in [2.05, 4.69) is 11.8 Å². The smallest absolute Gasteiger partial charge is 0.134 e. The summed E-state index contributed by atoms with van der Waals surface area (Å²) in [6, 6.07) is 3.95. The van der Waals surface area contributed by atoms with Gasteiger partial charge in [-0.15, -0.1) is 0 Å². The molecule has 2 aliphatic heterocycles. The van der Waals surface area contributed by atoms with Gasteiger partial charge >= 0.3 is 0 Å². The van der Waals surface area contributed by atoms with E-state index < -0.39 is 0 Å². The van der Waals surface area contributed by atoms with E-state index in [1.807, 2.05) is 6.07 Å². The second kappa shape index (κ2) is 5.47. The van der Waals surface area contributed by atoms with Crippen LogP contribution < -0.4 is 0 Å². The van der Waals surface area contributed by atoms with Gasteiger partial charge in [-0.1, -0.05) is 22.7 Å². The van der Waals surface area contributed by atoms with Crippen LogP contribution in [-0.4, -0.2) is 28.9 Å². The highest BCUT2D eigenvalue weighted by Crippen LogP contribution is 2.42. The number of carbonyl (C=O) groups excluding carboxylic acids is 1. The average molecular weight is 306 g/mol. The highest BCUT2D eigenvalue weighted by atomic mass is 35.5. The minimum atomic E-state index is 0.150. The zero-order chi connectivity index (χ0) is 15.1. The predicted molar refractivity (Wildman–Crippen MR) is 83.7 cm³/mol. The SMILES string of the molecule is CC(=O)CC1=C(C)CN2CCc3cc(Cl)c(O)cc3C2C1. The number of halogens is 1. The molecule has 0 aromatic heterocycles. The standard InChI is InChI=1S/C17H20ClNO2/c1-10-9-19-4-3-12-6-15(18)17(21)8-14(12)16(19)7-13(10)5-11(2)20/h6,8,16,21H,3-5,7,9H2,1-2H3. The third-order valence-electron chi connectivity index (χ3n) is 4.62. The lowest BCUT2D eigenvalue weighted by Crippen LogP contribution is -2.39. The zero-order valence-electron chi connectivity index (χ0n) is 12.4. The Kier molecular flexibility index (Phi) is 3.80. The van der Waals surface area contributed by atoms with Gasteiger partial charge in [0.05, 0.1) is 5.02 Å². The van der Waals surface area contributed by atoms with Gasteiger partial charge in [-0.2, -0.15) is 0 Å². The summed E-state index contributed by atoms with van der Waals surface area (Å²) in [6.07, 6.45) is 2.38. The summed E-state index contributed by atoms with van der Waals surface area (Å²) in [5.41, 5.74) is 4.96. The molecule has 1 aromatic rings. The monoisotopic (exact) mass is 305 g/mol. The molecule has 1 unspecified atom stereocenters. The Morgan fingerprint density at radius 2 is 2.24 bits per heavy atom. The van der Waals surface area contributed by atoms with Crippen molar-refractivity contribution in [3.8, 4) is 5.75 Å². The first-order chi connectivity index (χ1) is 9.95. The van der Waals surface area contributed by atoms with Crippen LogP contribution in [0.15, 0.2) is 23.3 Å². The van der Waals surface area contributed by atoms with Crippen LogP contribution in [-0.2, 0) is 11.2 Å². The number of carbonyl (C=O) groups is 1. The molecular formula is C17H20ClNO2. The molecule has 3 rings (SSSR count). The van der Waals surface area contributed by atoms with E-state index in [0.29, 0.717) is 11.4 Å². The molecule has 0 aliphatic carbocycles. The van der Waals surface area contributed by atoms with Crippen molar-refractivity contribution in [3.63, 3.8) is 0 Å². The fraction of sp³-hybridized carbons (Fsp3) is 0.471. The lowest BCUT2D eigenvalue weighted by molar-refractivity contribution is -0.116. The molecule has 2 aliphatic rings. The summed E-state index contributed by atoms with van der Waals surface area (Å²) in [4.78, 5) is 13.9. The maximum absolute atomic E-state index is 11.5. The molecular weight excluding hydrogens is 286 g/mol. The lowest BCUT2D eigenvalue weighted by Gasteiger charge is -2.42. The number of benzene rings is 1. The van der Waals surface area contributed by atoms with Crippen molar-refractivity contribution in [1.29, 1.82) is 0 Å². The van der Waals surface area contributed by atoms with Crippen LogP contribution in [0.3, 0.4) is 0 Å². The van der Waals surface area contributed by atoms with Gasteiger partial charge in [0.2, 0.25) is 0 Å². The Bertz CT molecular complexity index is 636. The molecule has 1 atom stereocenters. The first-order valence-electron chi connectivity index (χ1n) is 7.38. The Morgan fingerprint density at radius 1 is 1.48 bits per heavy atom. The second-order valence-electron chi connectivity index (χ2n) is 6.21.